The first-order valence-electron chi connectivity index (χ1n) is 14.5. The van der Waals surface area contributed by atoms with Gasteiger partial charge in [-0.2, -0.15) is 0 Å². The van der Waals surface area contributed by atoms with Gasteiger partial charge in [-0.1, -0.05) is 61.7 Å². The number of benzene rings is 2. The van der Waals surface area contributed by atoms with Crippen LogP contribution in [0.2, 0.25) is 5.02 Å². The number of carboxylic acids is 2. The second kappa shape index (κ2) is 14.4. The van der Waals surface area contributed by atoms with E-state index < -0.39 is 51.8 Å². The molecule has 2 aromatic carbocycles. The molecule has 3 rings (SSSR count). The summed E-state index contributed by atoms with van der Waals surface area (Å²) in [5.41, 5.74) is -2.74. The second-order valence-corrected chi connectivity index (χ2v) is 14.1. The molecule has 0 heterocycles. The lowest BCUT2D eigenvalue weighted by Crippen LogP contribution is -2.51. The minimum absolute atomic E-state index is 0.206. The number of hydrogen-bond donors (Lipinski definition) is 3. The molecule has 1 unspecified atom stereocenters. The van der Waals surface area contributed by atoms with E-state index in [1.807, 2.05) is 39.2 Å². The van der Waals surface area contributed by atoms with Crippen molar-refractivity contribution >= 4 is 39.5 Å². The van der Waals surface area contributed by atoms with E-state index in [-0.39, 0.29) is 17.0 Å². The number of unbranched alkanes of at least 4 members (excludes halogenated alkanes) is 1. The zero-order valence-electron chi connectivity index (χ0n) is 25.2. The third-order valence-corrected chi connectivity index (χ3v) is 10.6. The summed E-state index contributed by atoms with van der Waals surface area (Å²) in [6, 6.07) is 15.4. The first kappa shape index (κ1) is 35.4. The van der Waals surface area contributed by atoms with Gasteiger partial charge in [-0.25, -0.2) is 13.2 Å². The Morgan fingerprint density at radius 3 is 2.05 bits per heavy atom. The van der Waals surface area contributed by atoms with E-state index in [0.29, 0.717) is 41.6 Å². The van der Waals surface area contributed by atoms with Crippen LogP contribution in [0.3, 0.4) is 0 Å². The smallest absolute Gasteiger partial charge is 0.336 e. The summed E-state index contributed by atoms with van der Waals surface area (Å²) in [7, 11) is -0.456. The van der Waals surface area contributed by atoms with Crippen LogP contribution < -0.4 is 0 Å². The molecule has 0 radical (unpaired) electrons. The third-order valence-electron chi connectivity index (χ3n) is 8.69. The van der Waals surface area contributed by atoms with Crippen LogP contribution in [0.4, 0.5) is 0 Å². The van der Waals surface area contributed by atoms with Crippen molar-refractivity contribution in [1.29, 1.82) is 0 Å². The van der Waals surface area contributed by atoms with Crippen LogP contribution in [-0.4, -0.2) is 77.3 Å². The fourth-order valence-electron chi connectivity index (χ4n) is 5.99. The number of aliphatic hydroxyl groups is 1. The molecule has 2 aromatic rings. The maximum absolute atomic E-state index is 13.9. The van der Waals surface area contributed by atoms with Crippen LogP contribution in [0.25, 0.3) is 0 Å². The Kier molecular flexibility index (Phi) is 11.6. The number of halogens is 1. The average molecular weight is 653 g/mol. The molecule has 0 aromatic heterocycles. The number of carbonyl (C=O) groups excluding carboxylic acids is 1. The zero-order chi connectivity index (χ0) is 32.8. The van der Waals surface area contributed by atoms with Crippen molar-refractivity contribution in [2.45, 2.75) is 80.7 Å². The van der Waals surface area contributed by atoms with E-state index in [4.69, 9.17) is 21.5 Å². The quantitative estimate of drug-likeness (QED) is 0.230. The zero-order valence-corrected chi connectivity index (χ0v) is 26.8. The van der Waals surface area contributed by atoms with Crippen molar-refractivity contribution < 1.29 is 43.0 Å². The predicted molar refractivity (Wildman–Crippen MR) is 163 cm³/mol. The molecule has 11 nitrogen and oxygen atoms in total. The number of aliphatic carboxylic acids is 2. The highest BCUT2D eigenvalue weighted by Crippen LogP contribution is 2.51. The van der Waals surface area contributed by atoms with Crippen molar-refractivity contribution in [3.63, 3.8) is 0 Å². The van der Waals surface area contributed by atoms with E-state index in [2.05, 4.69) is 17.0 Å². The predicted octanol–water partition coefficient (Wildman–Crippen LogP) is 4.68. The van der Waals surface area contributed by atoms with E-state index in [1.165, 1.54) is 24.3 Å². The van der Waals surface area contributed by atoms with Crippen molar-refractivity contribution in [3.05, 3.63) is 65.2 Å². The van der Waals surface area contributed by atoms with Crippen LogP contribution in [0, 0.1) is 5.41 Å². The molecule has 44 heavy (non-hydrogen) atoms. The SMILES string of the molecule is CCCCC1(CN(OC(=O)CC(O)(CC(=O)O)C(=O)O)S(=O)(=O)c2ccc(Cl)cc2)CCC(c2ccccc2)(N(C)C)CC1. The van der Waals surface area contributed by atoms with Crippen molar-refractivity contribution in [3.8, 4) is 0 Å². The van der Waals surface area contributed by atoms with Gasteiger partial charge < -0.3 is 20.2 Å². The van der Waals surface area contributed by atoms with Gasteiger partial charge in [0, 0.05) is 10.6 Å². The number of carboxylic acid groups (broad SMARTS) is 2. The topological polar surface area (TPSA) is 162 Å². The van der Waals surface area contributed by atoms with Gasteiger partial charge in [-0.15, -0.1) is 0 Å². The van der Waals surface area contributed by atoms with Crippen LogP contribution in [0.1, 0.15) is 70.3 Å². The Morgan fingerprint density at radius 2 is 1.55 bits per heavy atom. The average Bonchev–Trinajstić information content (AvgIpc) is 2.96. The lowest BCUT2D eigenvalue weighted by Gasteiger charge is -2.51. The summed E-state index contributed by atoms with van der Waals surface area (Å²) >= 11 is 5.98. The molecule has 0 aliphatic heterocycles. The van der Waals surface area contributed by atoms with Crippen LogP contribution in [0.15, 0.2) is 59.5 Å². The monoisotopic (exact) mass is 652 g/mol. The van der Waals surface area contributed by atoms with Crippen LogP contribution >= 0.6 is 11.6 Å². The summed E-state index contributed by atoms with van der Waals surface area (Å²) in [5, 5.41) is 29.3. The van der Waals surface area contributed by atoms with Gasteiger partial charge >= 0.3 is 17.9 Å². The Labute approximate surface area is 263 Å². The molecular weight excluding hydrogens is 612 g/mol. The fraction of sp³-hybridized carbons (Fsp3) is 0.516. The first-order chi connectivity index (χ1) is 20.6. The second-order valence-electron chi connectivity index (χ2n) is 11.9. The number of carbonyl (C=O) groups is 3. The fourth-order valence-corrected chi connectivity index (χ4v) is 7.45. The van der Waals surface area contributed by atoms with Gasteiger partial charge in [-0.05, 0) is 85.9 Å². The van der Waals surface area contributed by atoms with Gasteiger partial charge in [0.15, 0.2) is 5.60 Å². The molecule has 0 spiro atoms. The Balaban J connectivity index is 2.00. The Bertz CT molecular complexity index is 1410. The number of rotatable bonds is 15. The Hall–Kier alpha value is -3.03. The van der Waals surface area contributed by atoms with E-state index in [9.17, 15) is 33.0 Å². The van der Waals surface area contributed by atoms with Crippen molar-refractivity contribution in [1.82, 2.24) is 9.37 Å². The minimum atomic E-state index is -4.50. The molecule has 1 aliphatic carbocycles. The van der Waals surface area contributed by atoms with Crippen LogP contribution in [-0.2, 0) is 34.8 Å². The molecule has 0 amide bonds. The maximum Gasteiger partial charge on any atom is 0.336 e. The molecule has 0 bridgehead atoms. The summed E-state index contributed by atoms with van der Waals surface area (Å²) in [5.74, 6) is -5.00. The molecule has 0 saturated heterocycles. The van der Waals surface area contributed by atoms with Crippen molar-refractivity contribution in [2.75, 3.05) is 20.6 Å². The van der Waals surface area contributed by atoms with E-state index >= 15 is 0 Å². The van der Waals surface area contributed by atoms with Gasteiger partial charge in [-0.3, -0.25) is 14.5 Å². The molecule has 1 saturated carbocycles. The number of nitrogens with zero attached hydrogens (tertiary/aromatic N) is 2. The third kappa shape index (κ3) is 8.16. The first-order valence-corrected chi connectivity index (χ1v) is 16.3. The van der Waals surface area contributed by atoms with Crippen LogP contribution in [0.5, 0.6) is 0 Å². The number of sulfonamides is 1. The van der Waals surface area contributed by atoms with Gasteiger partial charge in [0.2, 0.25) is 0 Å². The standard InChI is InChI=1S/C31H41ClN2O9S/c1-4-5-15-29(16-18-30(19-17-29,33(2)3)23-9-7-6-8-10-23)22-34(44(41,42)25-13-11-24(32)12-14-25)43-27(37)21-31(40,28(38)39)20-26(35)36/h6-14,40H,4-5,15-22H2,1-3H3,(H,35,36)(H,38,39). The number of hydroxylamine groups is 1. The van der Waals surface area contributed by atoms with Crippen molar-refractivity contribution in [2.24, 2.45) is 5.41 Å². The minimum Gasteiger partial charge on any atom is -0.481 e. The molecule has 1 aliphatic rings. The largest absolute Gasteiger partial charge is 0.481 e. The van der Waals surface area contributed by atoms with E-state index in [1.54, 1.807) is 0 Å². The molecule has 13 heteroatoms. The summed E-state index contributed by atoms with van der Waals surface area (Å²) < 4.78 is 28.4. The highest BCUT2D eigenvalue weighted by Gasteiger charge is 2.48. The van der Waals surface area contributed by atoms with Gasteiger partial charge in [0.1, 0.15) is 0 Å². The Morgan fingerprint density at radius 1 is 0.955 bits per heavy atom. The van der Waals surface area contributed by atoms with Gasteiger partial charge in [0.25, 0.3) is 10.0 Å². The van der Waals surface area contributed by atoms with Gasteiger partial charge in [0.05, 0.1) is 24.3 Å². The lowest BCUT2D eigenvalue weighted by atomic mass is 9.63. The normalized spacial score (nSPS) is 22.0. The lowest BCUT2D eigenvalue weighted by molar-refractivity contribution is -0.187. The summed E-state index contributed by atoms with van der Waals surface area (Å²) in [6.07, 6.45) is 2.33. The molecule has 1 fully saturated rings. The molecular formula is C31H41ClN2O9S. The van der Waals surface area contributed by atoms with E-state index in [0.717, 1.165) is 18.4 Å². The highest BCUT2D eigenvalue weighted by atomic mass is 35.5. The summed E-state index contributed by atoms with van der Waals surface area (Å²) in [4.78, 5) is 43.3. The highest BCUT2D eigenvalue weighted by molar-refractivity contribution is 7.89. The molecule has 3 N–H and O–H groups in total. The number of hydrogen-bond acceptors (Lipinski definition) is 8. The molecule has 242 valence electrons. The molecule has 1 atom stereocenters. The maximum atomic E-state index is 13.9. The summed E-state index contributed by atoms with van der Waals surface area (Å²) in [6.45, 7) is 1.81.